The summed E-state index contributed by atoms with van der Waals surface area (Å²) in [6.45, 7) is 0.561. The quantitative estimate of drug-likeness (QED) is 0.486. The summed E-state index contributed by atoms with van der Waals surface area (Å²) in [5.41, 5.74) is 12.7. The lowest BCUT2D eigenvalue weighted by molar-refractivity contribution is 0.137. The number of carboxylic acid groups (broad SMARTS) is 2. The number of hydrogen-bond acceptors (Lipinski definition) is 3. The second-order valence-corrected chi connectivity index (χ2v) is 2.23. The van der Waals surface area contributed by atoms with Crippen LogP contribution >= 0.6 is 0 Å². The molecule has 1 rings (SSSR count). The van der Waals surface area contributed by atoms with Gasteiger partial charge in [-0.3, -0.25) is 0 Å². The lowest BCUT2D eigenvalue weighted by Crippen LogP contribution is -1.96. The zero-order chi connectivity index (χ0) is 10.3. The maximum absolute atomic E-state index is 8.56. The lowest BCUT2D eigenvalue weighted by atomic mass is 10.2. The smallest absolute Gasteiger partial charge is 0.450 e. The van der Waals surface area contributed by atoms with Crippen molar-refractivity contribution in [3.8, 4) is 0 Å². The first kappa shape index (κ1) is 11.2. The highest BCUT2D eigenvalue weighted by Gasteiger charge is 1.86. The summed E-state index contributed by atoms with van der Waals surface area (Å²) in [4.78, 5) is 8.56. The molecule has 72 valence electrons. The highest BCUT2D eigenvalue weighted by molar-refractivity contribution is 5.53. The molecule has 0 aliphatic heterocycles. The Morgan fingerprint density at radius 2 is 1.92 bits per heavy atom. The Kier molecular flexibility index (Phi) is 5.06. The third kappa shape index (κ3) is 6.64. The molecular formula is C8H12N2O3. The molecular weight excluding hydrogens is 172 g/mol. The molecule has 0 aliphatic carbocycles. The zero-order valence-corrected chi connectivity index (χ0v) is 6.97. The lowest BCUT2D eigenvalue weighted by Gasteiger charge is -1.95. The molecule has 0 aromatic heterocycles. The van der Waals surface area contributed by atoms with E-state index < -0.39 is 6.16 Å². The summed E-state index contributed by atoms with van der Waals surface area (Å²) in [5.74, 6) is 0. The fourth-order valence-electron chi connectivity index (χ4n) is 0.720. The van der Waals surface area contributed by atoms with Crippen LogP contribution in [-0.4, -0.2) is 16.4 Å². The van der Waals surface area contributed by atoms with E-state index in [0.29, 0.717) is 6.54 Å². The molecule has 1 aromatic carbocycles. The van der Waals surface area contributed by atoms with Gasteiger partial charge >= 0.3 is 6.16 Å². The number of benzene rings is 1. The molecule has 0 saturated heterocycles. The molecule has 0 bridgehead atoms. The molecule has 0 unspecified atom stereocenters. The SMILES string of the molecule is NCc1cccc(N)c1.O=C(O)O. The minimum Gasteiger partial charge on any atom is -0.450 e. The van der Waals surface area contributed by atoms with Gasteiger partial charge in [0.15, 0.2) is 0 Å². The van der Waals surface area contributed by atoms with Crippen LogP contribution in [0.15, 0.2) is 24.3 Å². The molecule has 0 aliphatic rings. The van der Waals surface area contributed by atoms with E-state index in [-0.39, 0.29) is 0 Å². The Morgan fingerprint density at radius 3 is 2.23 bits per heavy atom. The maximum Gasteiger partial charge on any atom is 0.503 e. The number of carbonyl (C=O) groups is 1. The van der Waals surface area contributed by atoms with E-state index in [9.17, 15) is 0 Å². The Hall–Kier alpha value is -1.75. The van der Waals surface area contributed by atoms with E-state index in [1.165, 1.54) is 0 Å². The van der Waals surface area contributed by atoms with Crippen LogP contribution in [0.25, 0.3) is 0 Å². The van der Waals surface area contributed by atoms with Crippen LogP contribution in [0.5, 0.6) is 0 Å². The first-order valence-corrected chi connectivity index (χ1v) is 3.52. The molecule has 0 spiro atoms. The van der Waals surface area contributed by atoms with Gasteiger partial charge in [0.1, 0.15) is 0 Å². The average Bonchev–Trinajstić information content (AvgIpc) is 2.03. The van der Waals surface area contributed by atoms with Gasteiger partial charge in [-0.2, -0.15) is 0 Å². The monoisotopic (exact) mass is 184 g/mol. The van der Waals surface area contributed by atoms with Gasteiger partial charge in [0, 0.05) is 12.2 Å². The summed E-state index contributed by atoms with van der Waals surface area (Å²) in [5, 5.41) is 13.9. The van der Waals surface area contributed by atoms with Crippen LogP contribution in [0.2, 0.25) is 0 Å². The first-order chi connectivity index (χ1) is 6.06. The summed E-state index contributed by atoms with van der Waals surface area (Å²) < 4.78 is 0. The van der Waals surface area contributed by atoms with Gasteiger partial charge < -0.3 is 21.7 Å². The van der Waals surface area contributed by atoms with Gasteiger partial charge in [-0.05, 0) is 17.7 Å². The van der Waals surface area contributed by atoms with Gasteiger partial charge in [0.2, 0.25) is 0 Å². The van der Waals surface area contributed by atoms with Crippen molar-refractivity contribution in [2.45, 2.75) is 6.54 Å². The summed E-state index contributed by atoms with van der Waals surface area (Å²) in [6.07, 6.45) is -1.83. The molecule has 1 aromatic rings. The van der Waals surface area contributed by atoms with Crippen molar-refractivity contribution in [3.63, 3.8) is 0 Å². The van der Waals surface area contributed by atoms with Crippen molar-refractivity contribution in [1.82, 2.24) is 0 Å². The second-order valence-electron chi connectivity index (χ2n) is 2.23. The fraction of sp³-hybridized carbons (Fsp3) is 0.125. The average molecular weight is 184 g/mol. The van der Waals surface area contributed by atoms with Gasteiger partial charge in [0.25, 0.3) is 0 Å². The molecule has 0 fully saturated rings. The second kappa shape index (κ2) is 5.84. The third-order valence-corrected chi connectivity index (χ3v) is 1.19. The van der Waals surface area contributed by atoms with E-state index in [1.807, 2.05) is 24.3 Å². The molecule has 5 heteroatoms. The zero-order valence-electron chi connectivity index (χ0n) is 6.97. The molecule has 0 radical (unpaired) electrons. The van der Waals surface area contributed by atoms with Gasteiger partial charge in [-0.25, -0.2) is 4.79 Å². The first-order valence-electron chi connectivity index (χ1n) is 3.52. The van der Waals surface area contributed by atoms with E-state index in [1.54, 1.807) is 0 Å². The van der Waals surface area contributed by atoms with Crippen LogP contribution in [0.4, 0.5) is 10.5 Å². The fourth-order valence-corrected chi connectivity index (χ4v) is 0.720. The third-order valence-electron chi connectivity index (χ3n) is 1.19. The van der Waals surface area contributed by atoms with Crippen molar-refractivity contribution in [3.05, 3.63) is 29.8 Å². The predicted molar refractivity (Wildman–Crippen MR) is 49.4 cm³/mol. The predicted octanol–water partition coefficient (Wildman–Crippen LogP) is 0.950. The van der Waals surface area contributed by atoms with Crippen molar-refractivity contribution in [2.75, 3.05) is 5.73 Å². The highest BCUT2D eigenvalue weighted by Crippen LogP contribution is 2.04. The number of anilines is 1. The van der Waals surface area contributed by atoms with Crippen molar-refractivity contribution >= 4 is 11.8 Å². The van der Waals surface area contributed by atoms with E-state index in [4.69, 9.17) is 26.5 Å². The normalized spacial score (nSPS) is 8.38. The van der Waals surface area contributed by atoms with Crippen LogP contribution in [0, 0.1) is 0 Å². The van der Waals surface area contributed by atoms with Crippen LogP contribution in [0.1, 0.15) is 5.56 Å². The Bertz CT molecular complexity index is 272. The largest absolute Gasteiger partial charge is 0.503 e. The number of nitrogen functional groups attached to an aromatic ring is 1. The van der Waals surface area contributed by atoms with E-state index >= 15 is 0 Å². The van der Waals surface area contributed by atoms with Gasteiger partial charge in [-0.1, -0.05) is 12.1 Å². The maximum atomic E-state index is 8.56. The molecule has 0 heterocycles. The number of rotatable bonds is 1. The molecule has 6 N–H and O–H groups in total. The van der Waals surface area contributed by atoms with Crippen molar-refractivity contribution < 1.29 is 15.0 Å². The Labute approximate surface area is 75.6 Å². The molecule has 0 amide bonds. The van der Waals surface area contributed by atoms with Crippen LogP contribution in [-0.2, 0) is 6.54 Å². The van der Waals surface area contributed by atoms with Gasteiger partial charge in [0.05, 0.1) is 0 Å². The standard InChI is InChI=1S/C7H10N2.CH2O3/c8-5-6-2-1-3-7(9)4-6;2-1(3)4/h1-4H,5,8-9H2;(H2,2,3,4). The summed E-state index contributed by atoms with van der Waals surface area (Å²) in [7, 11) is 0. The number of hydrogen-bond donors (Lipinski definition) is 4. The molecule has 5 nitrogen and oxygen atoms in total. The highest BCUT2D eigenvalue weighted by atomic mass is 16.6. The number of nitrogens with two attached hydrogens (primary N) is 2. The molecule has 0 atom stereocenters. The molecule has 0 saturated carbocycles. The topological polar surface area (TPSA) is 110 Å². The van der Waals surface area contributed by atoms with E-state index in [0.717, 1.165) is 11.3 Å². The molecule has 13 heavy (non-hydrogen) atoms. The Morgan fingerprint density at radius 1 is 1.38 bits per heavy atom. The van der Waals surface area contributed by atoms with Crippen LogP contribution in [0.3, 0.4) is 0 Å². The minimum atomic E-state index is -1.83. The summed E-state index contributed by atoms with van der Waals surface area (Å²) in [6, 6.07) is 7.58. The van der Waals surface area contributed by atoms with Crippen molar-refractivity contribution in [1.29, 1.82) is 0 Å². The van der Waals surface area contributed by atoms with Crippen molar-refractivity contribution in [2.24, 2.45) is 5.73 Å². The van der Waals surface area contributed by atoms with Crippen LogP contribution < -0.4 is 11.5 Å². The van der Waals surface area contributed by atoms with Gasteiger partial charge in [-0.15, -0.1) is 0 Å². The minimum absolute atomic E-state index is 0.561. The summed E-state index contributed by atoms with van der Waals surface area (Å²) >= 11 is 0. The Balaban J connectivity index is 0.000000310. The van der Waals surface area contributed by atoms with E-state index in [2.05, 4.69) is 0 Å².